The summed E-state index contributed by atoms with van der Waals surface area (Å²) in [6.45, 7) is 7.08. The van der Waals surface area contributed by atoms with Gasteiger partial charge < -0.3 is 15.3 Å². The van der Waals surface area contributed by atoms with Gasteiger partial charge in [-0.05, 0) is 30.5 Å². The Hall–Kier alpha value is -2.04. The second kappa shape index (κ2) is 10.7. The molecule has 134 valence electrons. The van der Waals surface area contributed by atoms with Crippen LogP contribution in [0.25, 0.3) is 0 Å². The van der Waals surface area contributed by atoms with E-state index in [0.717, 1.165) is 44.3 Å². The Balaban J connectivity index is 2.87. The third kappa shape index (κ3) is 7.02. The first kappa shape index (κ1) is 20.0. The number of hydrogen-bond donors (Lipinski definition) is 2. The Labute approximate surface area is 145 Å². The third-order valence-electron chi connectivity index (χ3n) is 3.93. The van der Waals surface area contributed by atoms with Crippen LogP contribution in [0, 0.1) is 0 Å². The highest BCUT2D eigenvalue weighted by atomic mass is 16.3. The number of benzene rings is 1. The van der Waals surface area contributed by atoms with E-state index in [4.69, 9.17) is 0 Å². The molecule has 0 aliphatic heterocycles. The standard InChI is InChI=1S/C19H30N2O3/c1-4-6-12-21(13-7-5-2)19(24)18(20-15(3)22)14-16-8-10-17(23)11-9-16/h8-11,18,23H,4-7,12-14H2,1-3H3,(H,20,22)/t18-/m0/s1. The molecule has 1 atom stereocenters. The van der Waals surface area contributed by atoms with Crippen molar-refractivity contribution in [1.82, 2.24) is 10.2 Å². The van der Waals surface area contributed by atoms with E-state index >= 15 is 0 Å². The summed E-state index contributed by atoms with van der Waals surface area (Å²) in [7, 11) is 0. The van der Waals surface area contributed by atoms with Crippen LogP contribution in [-0.2, 0) is 16.0 Å². The van der Waals surface area contributed by atoms with E-state index in [1.807, 2.05) is 4.90 Å². The predicted octanol–water partition coefficient (Wildman–Crippen LogP) is 2.87. The molecule has 5 nitrogen and oxygen atoms in total. The minimum atomic E-state index is -0.569. The number of phenols is 1. The molecule has 0 radical (unpaired) electrons. The summed E-state index contributed by atoms with van der Waals surface area (Å²) in [5.41, 5.74) is 0.908. The van der Waals surface area contributed by atoms with E-state index in [0.29, 0.717) is 6.42 Å². The van der Waals surface area contributed by atoms with Crippen LogP contribution in [-0.4, -0.2) is 41.0 Å². The van der Waals surface area contributed by atoms with E-state index < -0.39 is 6.04 Å². The summed E-state index contributed by atoms with van der Waals surface area (Å²) in [6, 6.07) is 6.17. The van der Waals surface area contributed by atoms with Crippen molar-refractivity contribution in [1.29, 1.82) is 0 Å². The summed E-state index contributed by atoms with van der Waals surface area (Å²) < 4.78 is 0. The van der Waals surface area contributed by atoms with Crippen molar-refractivity contribution in [3.63, 3.8) is 0 Å². The molecule has 1 aromatic carbocycles. The zero-order chi connectivity index (χ0) is 17.9. The lowest BCUT2D eigenvalue weighted by Gasteiger charge is -2.28. The monoisotopic (exact) mass is 334 g/mol. The molecular weight excluding hydrogens is 304 g/mol. The van der Waals surface area contributed by atoms with Crippen LogP contribution in [0.15, 0.2) is 24.3 Å². The largest absolute Gasteiger partial charge is 0.508 e. The molecule has 2 N–H and O–H groups in total. The highest BCUT2D eigenvalue weighted by Crippen LogP contribution is 2.13. The summed E-state index contributed by atoms with van der Waals surface area (Å²) in [6.07, 6.45) is 4.40. The predicted molar refractivity (Wildman–Crippen MR) is 95.8 cm³/mol. The molecule has 0 fully saturated rings. The van der Waals surface area contributed by atoms with Gasteiger partial charge in [0.15, 0.2) is 0 Å². The van der Waals surface area contributed by atoms with Gasteiger partial charge in [-0.15, -0.1) is 0 Å². The van der Waals surface area contributed by atoms with E-state index in [1.165, 1.54) is 6.92 Å². The average Bonchev–Trinajstić information content (AvgIpc) is 2.55. The molecule has 0 aromatic heterocycles. The Morgan fingerprint density at radius 2 is 1.62 bits per heavy atom. The summed E-state index contributed by atoms with van der Waals surface area (Å²) >= 11 is 0. The summed E-state index contributed by atoms with van der Waals surface area (Å²) in [5.74, 6) is -0.0492. The number of unbranched alkanes of at least 4 members (excludes halogenated alkanes) is 2. The number of amides is 2. The van der Waals surface area contributed by atoms with Crippen molar-refractivity contribution in [2.24, 2.45) is 0 Å². The van der Waals surface area contributed by atoms with Gasteiger partial charge in [0.25, 0.3) is 0 Å². The van der Waals surface area contributed by atoms with Crippen molar-refractivity contribution in [3.05, 3.63) is 29.8 Å². The van der Waals surface area contributed by atoms with Crippen LogP contribution < -0.4 is 5.32 Å². The molecule has 2 amide bonds. The number of phenolic OH excluding ortho intramolecular Hbond substituents is 1. The van der Waals surface area contributed by atoms with Crippen LogP contribution in [0.2, 0.25) is 0 Å². The van der Waals surface area contributed by atoms with Gasteiger partial charge in [0, 0.05) is 26.4 Å². The van der Waals surface area contributed by atoms with Gasteiger partial charge in [-0.1, -0.05) is 38.8 Å². The molecule has 0 bridgehead atoms. The maximum atomic E-state index is 12.9. The van der Waals surface area contributed by atoms with Crippen LogP contribution in [0.5, 0.6) is 5.75 Å². The Kier molecular flexibility index (Phi) is 8.90. The molecule has 0 aliphatic carbocycles. The molecule has 0 heterocycles. The second-order valence-corrected chi connectivity index (χ2v) is 6.16. The van der Waals surface area contributed by atoms with Crippen LogP contribution >= 0.6 is 0 Å². The quantitative estimate of drug-likeness (QED) is 0.691. The van der Waals surface area contributed by atoms with Crippen LogP contribution in [0.4, 0.5) is 0 Å². The summed E-state index contributed by atoms with van der Waals surface area (Å²) in [4.78, 5) is 26.3. The molecule has 24 heavy (non-hydrogen) atoms. The van der Waals surface area contributed by atoms with Crippen molar-refractivity contribution in [2.75, 3.05) is 13.1 Å². The lowest BCUT2D eigenvalue weighted by atomic mass is 10.0. The lowest BCUT2D eigenvalue weighted by Crippen LogP contribution is -2.49. The number of carbonyl (C=O) groups excluding carboxylic acids is 2. The number of hydrogen-bond acceptors (Lipinski definition) is 3. The maximum Gasteiger partial charge on any atom is 0.245 e. The van der Waals surface area contributed by atoms with Gasteiger partial charge in [0.05, 0.1) is 0 Å². The zero-order valence-corrected chi connectivity index (χ0v) is 15.0. The molecular formula is C19H30N2O3. The fourth-order valence-electron chi connectivity index (χ4n) is 2.56. The van der Waals surface area contributed by atoms with E-state index in [1.54, 1.807) is 24.3 Å². The first-order chi connectivity index (χ1) is 11.5. The molecule has 0 spiro atoms. The number of nitrogens with zero attached hydrogens (tertiary/aromatic N) is 1. The third-order valence-corrected chi connectivity index (χ3v) is 3.93. The Morgan fingerprint density at radius 3 is 2.08 bits per heavy atom. The SMILES string of the molecule is CCCCN(CCCC)C(=O)[C@H](Cc1ccc(O)cc1)NC(C)=O. The van der Waals surface area contributed by atoms with Gasteiger partial charge in [0.2, 0.25) is 11.8 Å². The molecule has 0 saturated heterocycles. The molecule has 1 aromatic rings. The zero-order valence-electron chi connectivity index (χ0n) is 15.0. The van der Waals surface area contributed by atoms with Crippen molar-refractivity contribution in [3.8, 4) is 5.75 Å². The highest BCUT2D eigenvalue weighted by Gasteiger charge is 2.25. The van der Waals surface area contributed by atoms with Crippen molar-refractivity contribution in [2.45, 2.75) is 58.9 Å². The minimum absolute atomic E-state index is 0.0276. The number of carbonyl (C=O) groups is 2. The van der Waals surface area contributed by atoms with Crippen molar-refractivity contribution < 1.29 is 14.7 Å². The van der Waals surface area contributed by atoms with Gasteiger partial charge >= 0.3 is 0 Å². The highest BCUT2D eigenvalue weighted by molar-refractivity contribution is 5.87. The Morgan fingerprint density at radius 1 is 1.08 bits per heavy atom. The van der Waals surface area contributed by atoms with Gasteiger partial charge in [-0.25, -0.2) is 0 Å². The first-order valence-electron chi connectivity index (χ1n) is 8.81. The maximum absolute atomic E-state index is 12.9. The molecule has 0 saturated carbocycles. The van der Waals surface area contributed by atoms with E-state index in [9.17, 15) is 14.7 Å². The van der Waals surface area contributed by atoms with Gasteiger partial charge in [-0.3, -0.25) is 9.59 Å². The van der Waals surface area contributed by atoms with E-state index in [-0.39, 0.29) is 17.6 Å². The Bertz CT molecular complexity index is 506. The topological polar surface area (TPSA) is 69.6 Å². The number of aromatic hydroxyl groups is 1. The fourth-order valence-corrected chi connectivity index (χ4v) is 2.56. The average molecular weight is 334 g/mol. The minimum Gasteiger partial charge on any atom is -0.508 e. The molecule has 5 heteroatoms. The molecule has 0 unspecified atom stereocenters. The second-order valence-electron chi connectivity index (χ2n) is 6.16. The first-order valence-corrected chi connectivity index (χ1v) is 8.81. The normalized spacial score (nSPS) is 11.8. The summed E-state index contributed by atoms with van der Waals surface area (Å²) in [5, 5.41) is 12.2. The van der Waals surface area contributed by atoms with Crippen molar-refractivity contribution >= 4 is 11.8 Å². The lowest BCUT2D eigenvalue weighted by molar-refractivity contribution is -0.136. The molecule has 0 aliphatic rings. The van der Waals surface area contributed by atoms with Gasteiger partial charge in [0.1, 0.15) is 11.8 Å². The van der Waals surface area contributed by atoms with Crippen LogP contribution in [0.3, 0.4) is 0 Å². The smallest absolute Gasteiger partial charge is 0.245 e. The van der Waals surface area contributed by atoms with Gasteiger partial charge in [-0.2, -0.15) is 0 Å². The molecule has 1 rings (SSSR count). The van der Waals surface area contributed by atoms with Crippen LogP contribution in [0.1, 0.15) is 52.0 Å². The number of rotatable bonds is 10. The number of nitrogens with one attached hydrogen (secondary N) is 1. The van der Waals surface area contributed by atoms with E-state index in [2.05, 4.69) is 19.2 Å². The fraction of sp³-hybridized carbons (Fsp3) is 0.579.